The molecule has 35 heavy (non-hydrogen) atoms. The zero-order valence-electron chi connectivity index (χ0n) is 20.4. The number of halogens is 2. The van der Waals surface area contributed by atoms with Gasteiger partial charge in [-0.05, 0) is 36.6 Å². The van der Waals surface area contributed by atoms with Crippen LogP contribution in [0.1, 0.15) is 32.3 Å². The molecule has 0 saturated carbocycles. The lowest BCUT2D eigenvalue weighted by Gasteiger charge is -2.34. The molecular weight excluding hydrogens is 495 g/mol. The van der Waals surface area contributed by atoms with Gasteiger partial charge in [-0.15, -0.1) is 0 Å². The predicted octanol–water partition coefficient (Wildman–Crippen LogP) is 3.43. The van der Waals surface area contributed by atoms with Crippen LogP contribution in [0.4, 0.5) is 10.1 Å². The Labute approximate surface area is 211 Å². The van der Waals surface area contributed by atoms with Gasteiger partial charge in [-0.25, -0.2) is 8.70 Å². The van der Waals surface area contributed by atoms with E-state index >= 15 is 0 Å². The van der Waals surface area contributed by atoms with Crippen LogP contribution in [0.15, 0.2) is 48.5 Å². The first-order chi connectivity index (χ1) is 16.5. The molecule has 2 aromatic rings. The van der Waals surface area contributed by atoms with E-state index in [4.69, 9.17) is 11.6 Å². The normalized spacial score (nSPS) is 12.3. The lowest BCUT2D eigenvalue weighted by atomic mass is 10.1. The van der Waals surface area contributed by atoms with Crippen LogP contribution in [-0.4, -0.2) is 62.7 Å². The zero-order valence-corrected chi connectivity index (χ0v) is 21.9. The average molecular weight is 527 g/mol. The van der Waals surface area contributed by atoms with Crippen LogP contribution >= 0.6 is 11.6 Å². The van der Waals surface area contributed by atoms with Crippen molar-refractivity contribution in [2.24, 2.45) is 0 Å². The number of amides is 2. The summed E-state index contributed by atoms with van der Waals surface area (Å²) in [6.07, 6.45) is 0.995. The van der Waals surface area contributed by atoms with Gasteiger partial charge in [-0.3, -0.25) is 9.59 Å². The molecule has 0 saturated heterocycles. The van der Waals surface area contributed by atoms with E-state index < -0.39 is 34.5 Å². The molecule has 0 radical (unpaired) electrons. The van der Waals surface area contributed by atoms with E-state index in [1.165, 1.54) is 37.2 Å². The minimum absolute atomic E-state index is 0.0241. The number of nitrogens with one attached hydrogen (secondary N) is 1. The van der Waals surface area contributed by atoms with E-state index in [0.29, 0.717) is 27.9 Å². The minimum Gasteiger partial charge on any atom is -0.354 e. The molecule has 192 valence electrons. The number of carbonyl (C=O) groups excluding carboxylic acids is 2. The van der Waals surface area contributed by atoms with Crippen molar-refractivity contribution >= 4 is 39.3 Å². The van der Waals surface area contributed by atoms with Gasteiger partial charge >= 0.3 is 10.2 Å². The minimum atomic E-state index is -4.24. The van der Waals surface area contributed by atoms with Gasteiger partial charge in [0.25, 0.3) is 0 Å². The van der Waals surface area contributed by atoms with Crippen LogP contribution in [0.5, 0.6) is 0 Å². The molecule has 0 spiro atoms. The summed E-state index contributed by atoms with van der Waals surface area (Å²) in [5.74, 6) is -1.82. The van der Waals surface area contributed by atoms with Crippen molar-refractivity contribution < 1.29 is 22.4 Å². The molecule has 2 amide bonds. The van der Waals surface area contributed by atoms with Crippen LogP contribution in [-0.2, 0) is 26.3 Å². The summed E-state index contributed by atoms with van der Waals surface area (Å²) in [5, 5.41) is 3.20. The number of hydrogen-bond donors (Lipinski definition) is 1. The molecule has 11 heteroatoms. The van der Waals surface area contributed by atoms with E-state index in [1.807, 2.05) is 6.92 Å². The fraction of sp³-hybridized carbons (Fsp3) is 0.417. The second kappa shape index (κ2) is 12.9. The van der Waals surface area contributed by atoms with Crippen LogP contribution in [0, 0.1) is 5.82 Å². The third kappa shape index (κ3) is 7.16. The van der Waals surface area contributed by atoms with Crippen molar-refractivity contribution in [3.63, 3.8) is 0 Å². The highest BCUT2D eigenvalue weighted by Crippen LogP contribution is 2.25. The molecule has 8 nitrogen and oxygen atoms in total. The Balaban J connectivity index is 2.52. The van der Waals surface area contributed by atoms with E-state index in [1.54, 1.807) is 31.2 Å². The van der Waals surface area contributed by atoms with Crippen molar-refractivity contribution in [1.82, 2.24) is 14.5 Å². The summed E-state index contributed by atoms with van der Waals surface area (Å²) < 4.78 is 42.4. The average Bonchev–Trinajstić information content (AvgIpc) is 2.82. The van der Waals surface area contributed by atoms with Gasteiger partial charge < -0.3 is 10.2 Å². The molecule has 2 aromatic carbocycles. The Bertz CT molecular complexity index is 1130. The number of nitrogens with zero attached hydrogens (tertiary/aromatic N) is 3. The third-order valence-electron chi connectivity index (χ3n) is 5.37. The molecule has 2 rings (SSSR count). The van der Waals surface area contributed by atoms with E-state index in [2.05, 4.69) is 5.32 Å². The fourth-order valence-electron chi connectivity index (χ4n) is 3.45. The first-order valence-corrected chi connectivity index (χ1v) is 13.1. The third-order valence-corrected chi connectivity index (χ3v) is 7.55. The van der Waals surface area contributed by atoms with Gasteiger partial charge in [0.05, 0.1) is 5.69 Å². The highest BCUT2D eigenvalue weighted by atomic mass is 35.5. The predicted molar refractivity (Wildman–Crippen MR) is 136 cm³/mol. The van der Waals surface area contributed by atoms with Gasteiger partial charge in [0.2, 0.25) is 11.8 Å². The molecule has 0 aliphatic carbocycles. The number of hydrogen-bond acceptors (Lipinski definition) is 4. The standard InChI is InChI=1S/C24H32ClFN4O4S/c1-5-15-27-24(32)21(6-2)29(16-18-11-7-8-12-19(18)25)23(31)17-30(35(33,34)28(3)4)22-14-10-9-13-20(22)26/h7-14,21H,5-6,15-17H2,1-4H3,(H,27,32)/t21-/m0/s1. The van der Waals surface area contributed by atoms with Crippen molar-refractivity contribution in [1.29, 1.82) is 0 Å². The molecule has 0 heterocycles. The lowest BCUT2D eigenvalue weighted by Crippen LogP contribution is -2.53. The first-order valence-electron chi connectivity index (χ1n) is 11.3. The summed E-state index contributed by atoms with van der Waals surface area (Å²) in [7, 11) is -1.65. The number of carbonyl (C=O) groups is 2. The summed E-state index contributed by atoms with van der Waals surface area (Å²) in [5.41, 5.74) is 0.327. The second-order valence-corrected chi connectivity index (χ2v) is 10.6. The van der Waals surface area contributed by atoms with Crippen molar-refractivity contribution in [3.8, 4) is 0 Å². The number of benzene rings is 2. The van der Waals surface area contributed by atoms with E-state index in [-0.39, 0.29) is 24.6 Å². The second-order valence-electron chi connectivity index (χ2n) is 8.08. The van der Waals surface area contributed by atoms with Crippen molar-refractivity contribution in [3.05, 3.63) is 64.9 Å². The Kier molecular flexibility index (Phi) is 10.5. The van der Waals surface area contributed by atoms with Crippen molar-refractivity contribution in [2.75, 3.05) is 31.5 Å². The molecular formula is C24H32ClFN4O4S. The van der Waals surface area contributed by atoms with Gasteiger partial charge in [-0.2, -0.15) is 12.7 Å². The van der Waals surface area contributed by atoms with Crippen LogP contribution in [0.25, 0.3) is 0 Å². The van der Waals surface area contributed by atoms with E-state index in [0.717, 1.165) is 10.4 Å². The Morgan fingerprint density at radius 2 is 1.69 bits per heavy atom. The van der Waals surface area contributed by atoms with Gasteiger partial charge in [0.1, 0.15) is 18.4 Å². The summed E-state index contributed by atoms with van der Waals surface area (Å²) in [6.45, 7) is 3.37. The Hall–Kier alpha value is -2.69. The summed E-state index contributed by atoms with van der Waals surface area (Å²) >= 11 is 6.32. The van der Waals surface area contributed by atoms with Gasteiger partial charge in [0.15, 0.2) is 0 Å². The monoisotopic (exact) mass is 526 g/mol. The molecule has 0 aliphatic rings. The molecule has 0 aliphatic heterocycles. The molecule has 0 fully saturated rings. The van der Waals surface area contributed by atoms with Gasteiger partial charge in [0, 0.05) is 32.2 Å². The maximum atomic E-state index is 14.6. The Morgan fingerprint density at radius 1 is 1.06 bits per heavy atom. The molecule has 0 aromatic heterocycles. The maximum absolute atomic E-state index is 14.6. The van der Waals surface area contributed by atoms with Crippen molar-refractivity contribution in [2.45, 2.75) is 39.3 Å². The number of anilines is 1. The molecule has 0 bridgehead atoms. The Morgan fingerprint density at radius 3 is 2.26 bits per heavy atom. The summed E-state index contributed by atoms with van der Waals surface area (Å²) in [6, 6.07) is 11.3. The van der Waals surface area contributed by atoms with Crippen LogP contribution < -0.4 is 9.62 Å². The molecule has 1 atom stereocenters. The molecule has 1 N–H and O–H groups in total. The summed E-state index contributed by atoms with van der Waals surface area (Å²) in [4.78, 5) is 27.9. The van der Waals surface area contributed by atoms with Gasteiger partial charge in [-0.1, -0.05) is 55.8 Å². The largest absolute Gasteiger partial charge is 0.354 e. The number of rotatable bonds is 12. The van der Waals surface area contributed by atoms with Crippen LogP contribution in [0.2, 0.25) is 5.02 Å². The fourth-order valence-corrected chi connectivity index (χ4v) is 4.71. The highest BCUT2D eigenvalue weighted by Gasteiger charge is 2.34. The topological polar surface area (TPSA) is 90.0 Å². The van der Waals surface area contributed by atoms with Crippen LogP contribution in [0.3, 0.4) is 0 Å². The smallest absolute Gasteiger partial charge is 0.304 e. The lowest BCUT2D eigenvalue weighted by molar-refractivity contribution is -0.140. The maximum Gasteiger partial charge on any atom is 0.304 e. The highest BCUT2D eigenvalue weighted by molar-refractivity contribution is 7.90. The zero-order chi connectivity index (χ0) is 26.2. The molecule has 0 unspecified atom stereocenters. The van der Waals surface area contributed by atoms with E-state index in [9.17, 15) is 22.4 Å². The quantitative estimate of drug-likeness (QED) is 0.459. The first kappa shape index (κ1) is 28.5. The number of para-hydroxylation sites is 1. The SMILES string of the molecule is CCCNC(=O)[C@H](CC)N(Cc1ccccc1Cl)C(=O)CN(c1ccccc1F)S(=O)(=O)N(C)C.